The molecule has 0 fully saturated rings. The number of ether oxygens (including phenoxy) is 2. The molecular weight excluding hydrogens is 301 g/mol. The van der Waals surface area contributed by atoms with Crippen LogP contribution >= 0.6 is 23.2 Å². The minimum Gasteiger partial charge on any atom is -0.382 e. The van der Waals surface area contributed by atoms with Gasteiger partial charge in [-0.05, 0) is 30.0 Å². The van der Waals surface area contributed by atoms with Crippen molar-refractivity contribution in [3.05, 3.63) is 33.3 Å². The van der Waals surface area contributed by atoms with Gasteiger partial charge in [-0.25, -0.2) is 0 Å². The Kier molecular flexibility index (Phi) is 5.66. The lowest BCUT2D eigenvalue weighted by atomic mass is 10.1. The van der Waals surface area contributed by atoms with E-state index in [-0.39, 0.29) is 18.6 Å². The lowest BCUT2D eigenvalue weighted by molar-refractivity contribution is -0.126. The second kappa shape index (κ2) is 7.27. The molecule has 20 heavy (non-hydrogen) atoms. The largest absolute Gasteiger partial charge is 0.382 e. The first-order chi connectivity index (χ1) is 9.63. The van der Waals surface area contributed by atoms with Gasteiger partial charge < -0.3 is 14.8 Å². The van der Waals surface area contributed by atoms with Gasteiger partial charge >= 0.3 is 0 Å². The molecule has 0 saturated carbocycles. The molecule has 1 amide bonds. The van der Waals surface area contributed by atoms with Gasteiger partial charge in [0.05, 0.1) is 29.3 Å². The highest BCUT2D eigenvalue weighted by molar-refractivity contribution is 6.42. The Hall–Kier alpha value is -0.810. The molecule has 1 aliphatic rings. The second-order valence-electron chi connectivity index (χ2n) is 4.63. The fourth-order valence-corrected chi connectivity index (χ4v) is 2.77. The van der Waals surface area contributed by atoms with Crippen LogP contribution in [0.25, 0.3) is 0 Å². The summed E-state index contributed by atoms with van der Waals surface area (Å²) in [7, 11) is 1.59. The lowest BCUT2D eigenvalue weighted by Gasteiger charge is -2.14. The monoisotopic (exact) mass is 317 g/mol. The van der Waals surface area contributed by atoms with E-state index in [0.717, 1.165) is 24.0 Å². The third-order valence-electron chi connectivity index (χ3n) is 3.29. The van der Waals surface area contributed by atoms with Crippen LogP contribution in [0.2, 0.25) is 10.0 Å². The van der Waals surface area contributed by atoms with Gasteiger partial charge in [-0.15, -0.1) is 0 Å². The van der Waals surface area contributed by atoms with E-state index in [1.165, 1.54) is 0 Å². The molecule has 0 radical (unpaired) electrons. The van der Waals surface area contributed by atoms with Gasteiger partial charge in [0.2, 0.25) is 5.91 Å². The summed E-state index contributed by atoms with van der Waals surface area (Å²) < 4.78 is 10.0. The van der Waals surface area contributed by atoms with Gasteiger partial charge in [0.1, 0.15) is 6.61 Å². The third-order valence-corrected chi connectivity index (χ3v) is 4.13. The highest BCUT2D eigenvalue weighted by Gasteiger charge is 2.26. The molecule has 6 heteroatoms. The standard InChI is InChI=1S/C14H17Cl2NO3/c1-19-6-7-20-8-13(18)17-12-5-3-10-9(12)2-4-11(15)14(10)16/h2,4,12H,3,5-8H2,1H3,(H,17,18)/t12-/m1/s1. The number of nitrogens with one attached hydrogen (secondary N) is 1. The zero-order valence-electron chi connectivity index (χ0n) is 11.2. The molecule has 1 aromatic rings. The number of methoxy groups -OCH3 is 1. The topological polar surface area (TPSA) is 47.6 Å². The van der Waals surface area contributed by atoms with Crippen LogP contribution in [-0.4, -0.2) is 32.8 Å². The van der Waals surface area contributed by atoms with Crippen LogP contribution in [0.3, 0.4) is 0 Å². The minimum atomic E-state index is -0.134. The molecule has 4 nitrogen and oxygen atoms in total. The molecule has 0 spiro atoms. The number of benzene rings is 1. The van der Waals surface area contributed by atoms with Crippen LogP contribution < -0.4 is 5.32 Å². The number of carbonyl (C=O) groups excluding carboxylic acids is 1. The average molecular weight is 318 g/mol. The number of halogens is 2. The smallest absolute Gasteiger partial charge is 0.246 e. The van der Waals surface area contributed by atoms with Gasteiger partial charge in [0.25, 0.3) is 0 Å². The van der Waals surface area contributed by atoms with Crippen LogP contribution in [0.4, 0.5) is 0 Å². The summed E-state index contributed by atoms with van der Waals surface area (Å²) in [6.07, 6.45) is 1.66. The number of rotatable bonds is 6. The van der Waals surface area contributed by atoms with Crippen molar-refractivity contribution in [2.75, 3.05) is 26.9 Å². The summed E-state index contributed by atoms with van der Waals surface area (Å²) in [6.45, 7) is 0.927. The van der Waals surface area contributed by atoms with Crippen molar-refractivity contribution in [2.45, 2.75) is 18.9 Å². The van der Waals surface area contributed by atoms with E-state index in [4.69, 9.17) is 32.7 Å². The second-order valence-corrected chi connectivity index (χ2v) is 5.42. The molecule has 0 aliphatic heterocycles. The molecule has 1 aromatic carbocycles. The first-order valence-electron chi connectivity index (χ1n) is 6.46. The van der Waals surface area contributed by atoms with E-state index in [1.807, 2.05) is 6.07 Å². The van der Waals surface area contributed by atoms with Gasteiger partial charge in [-0.2, -0.15) is 0 Å². The quantitative estimate of drug-likeness (QED) is 0.821. The molecule has 0 bridgehead atoms. The lowest BCUT2D eigenvalue weighted by Crippen LogP contribution is -2.31. The van der Waals surface area contributed by atoms with E-state index in [9.17, 15) is 4.79 Å². The number of hydrogen-bond acceptors (Lipinski definition) is 3. The maximum atomic E-state index is 11.8. The Labute approximate surface area is 128 Å². The summed E-state index contributed by atoms with van der Waals surface area (Å²) in [4.78, 5) is 11.8. The molecule has 0 heterocycles. The maximum absolute atomic E-state index is 11.8. The van der Waals surface area contributed by atoms with E-state index in [0.29, 0.717) is 23.3 Å². The summed E-state index contributed by atoms with van der Waals surface area (Å²) in [5.74, 6) is -0.134. The zero-order valence-corrected chi connectivity index (χ0v) is 12.8. The normalized spacial score (nSPS) is 17.1. The van der Waals surface area contributed by atoms with Crippen LogP contribution in [0.15, 0.2) is 12.1 Å². The van der Waals surface area contributed by atoms with Crippen molar-refractivity contribution in [3.63, 3.8) is 0 Å². The van der Waals surface area contributed by atoms with E-state index in [2.05, 4.69) is 5.32 Å². The van der Waals surface area contributed by atoms with Gasteiger partial charge in [-0.1, -0.05) is 29.3 Å². The first-order valence-corrected chi connectivity index (χ1v) is 7.22. The van der Waals surface area contributed by atoms with Crippen LogP contribution in [0, 0.1) is 0 Å². The van der Waals surface area contributed by atoms with Gasteiger partial charge in [0.15, 0.2) is 0 Å². The van der Waals surface area contributed by atoms with Crippen molar-refractivity contribution < 1.29 is 14.3 Å². The predicted octanol–water partition coefficient (Wildman–Crippen LogP) is 2.76. The molecular formula is C14H17Cl2NO3. The van der Waals surface area contributed by atoms with Crippen LogP contribution in [0.1, 0.15) is 23.6 Å². The Morgan fingerprint density at radius 3 is 2.95 bits per heavy atom. The summed E-state index contributed by atoms with van der Waals surface area (Å²) in [5, 5.41) is 4.10. The molecule has 0 unspecified atom stereocenters. The number of fused-ring (bicyclic) bond motifs is 1. The fraction of sp³-hybridized carbons (Fsp3) is 0.500. The molecule has 1 aliphatic carbocycles. The van der Waals surface area contributed by atoms with Crippen molar-refractivity contribution >= 4 is 29.1 Å². The molecule has 0 aromatic heterocycles. The highest BCUT2D eigenvalue weighted by Crippen LogP contribution is 2.38. The van der Waals surface area contributed by atoms with Crippen molar-refractivity contribution in [1.29, 1.82) is 0 Å². The number of carbonyl (C=O) groups is 1. The Morgan fingerprint density at radius 2 is 2.20 bits per heavy atom. The van der Waals surface area contributed by atoms with E-state index in [1.54, 1.807) is 13.2 Å². The predicted molar refractivity (Wildman–Crippen MR) is 78.4 cm³/mol. The number of hydrogen-bond donors (Lipinski definition) is 1. The Bertz CT molecular complexity index is 494. The first kappa shape index (κ1) is 15.6. The third kappa shape index (κ3) is 3.64. The summed E-state index contributed by atoms with van der Waals surface area (Å²) in [5.41, 5.74) is 2.08. The molecule has 110 valence electrons. The number of amides is 1. The Morgan fingerprint density at radius 1 is 1.40 bits per heavy atom. The maximum Gasteiger partial charge on any atom is 0.246 e. The van der Waals surface area contributed by atoms with E-state index >= 15 is 0 Å². The minimum absolute atomic E-state index is 0.0155. The SMILES string of the molecule is COCCOCC(=O)N[C@@H]1CCc2c1ccc(Cl)c2Cl. The zero-order chi connectivity index (χ0) is 14.5. The summed E-state index contributed by atoms with van der Waals surface area (Å²) in [6, 6.07) is 3.67. The van der Waals surface area contributed by atoms with Crippen LogP contribution in [0.5, 0.6) is 0 Å². The fourth-order valence-electron chi connectivity index (χ4n) is 2.33. The van der Waals surface area contributed by atoms with Crippen molar-refractivity contribution in [2.24, 2.45) is 0 Å². The highest BCUT2D eigenvalue weighted by atomic mass is 35.5. The van der Waals surface area contributed by atoms with Crippen LogP contribution in [-0.2, 0) is 20.7 Å². The molecule has 0 saturated heterocycles. The Balaban J connectivity index is 1.91. The molecule has 1 N–H and O–H groups in total. The van der Waals surface area contributed by atoms with Crippen molar-refractivity contribution in [3.8, 4) is 0 Å². The molecule has 1 atom stereocenters. The van der Waals surface area contributed by atoms with Gasteiger partial charge in [0, 0.05) is 7.11 Å². The molecule has 2 rings (SSSR count). The van der Waals surface area contributed by atoms with Crippen molar-refractivity contribution in [1.82, 2.24) is 5.32 Å². The van der Waals surface area contributed by atoms with E-state index < -0.39 is 0 Å². The van der Waals surface area contributed by atoms with Gasteiger partial charge in [-0.3, -0.25) is 4.79 Å². The summed E-state index contributed by atoms with van der Waals surface area (Å²) >= 11 is 12.2. The average Bonchev–Trinajstić information content (AvgIpc) is 2.83.